The summed E-state index contributed by atoms with van der Waals surface area (Å²) in [5, 5.41) is 3.72. The molecule has 1 aromatic rings. The molecule has 0 aliphatic heterocycles. The Kier molecular flexibility index (Phi) is 5.83. The smallest absolute Gasteiger partial charge is 0.332 e. The summed E-state index contributed by atoms with van der Waals surface area (Å²) in [5.41, 5.74) is 7.82. The van der Waals surface area contributed by atoms with Crippen molar-refractivity contribution in [2.24, 2.45) is 10.8 Å². The number of carbonyl (C=O) groups excluding carboxylic acids is 1. The lowest BCUT2D eigenvalue weighted by Crippen LogP contribution is -2.24. The first-order chi connectivity index (χ1) is 9.36. The summed E-state index contributed by atoms with van der Waals surface area (Å²) in [6.07, 6.45) is 1.58. The van der Waals surface area contributed by atoms with Gasteiger partial charge in [-0.25, -0.2) is 10.2 Å². The minimum absolute atomic E-state index is 0.0535. The van der Waals surface area contributed by atoms with Gasteiger partial charge in [0.1, 0.15) is 11.5 Å². The highest BCUT2D eigenvalue weighted by molar-refractivity contribution is 5.82. The van der Waals surface area contributed by atoms with Crippen LogP contribution in [0.5, 0.6) is 11.5 Å². The summed E-state index contributed by atoms with van der Waals surface area (Å²) in [6, 6.07) is 4.71. The fourth-order valence-electron chi connectivity index (χ4n) is 1.52. The van der Waals surface area contributed by atoms with Crippen LogP contribution in [0.25, 0.3) is 0 Å². The maximum absolute atomic E-state index is 10.6. The molecule has 0 heterocycles. The average molecular weight is 279 g/mol. The fourth-order valence-corrected chi connectivity index (χ4v) is 1.52. The highest BCUT2D eigenvalue weighted by Gasteiger charge is 2.05. The van der Waals surface area contributed by atoms with Gasteiger partial charge in [0.05, 0.1) is 18.4 Å². The summed E-state index contributed by atoms with van der Waals surface area (Å²) in [6.45, 7) is 7.77. The lowest BCUT2D eigenvalue weighted by atomic mass is 10.2. The van der Waals surface area contributed by atoms with Gasteiger partial charge >= 0.3 is 6.03 Å². The zero-order valence-corrected chi connectivity index (χ0v) is 12.2. The van der Waals surface area contributed by atoms with Crippen molar-refractivity contribution >= 4 is 12.2 Å². The Morgan fingerprint density at radius 1 is 1.15 bits per heavy atom. The average Bonchev–Trinajstić information content (AvgIpc) is 2.25. The number of primary amides is 1. The fraction of sp³-hybridized carbons (Fsp3) is 0.429. The number of carbonyl (C=O) groups is 1. The van der Waals surface area contributed by atoms with E-state index in [2.05, 4.69) is 10.5 Å². The first kappa shape index (κ1) is 15.8. The summed E-state index contributed by atoms with van der Waals surface area (Å²) in [5.74, 6) is 1.36. The lowest BCUT2D eigenvalue weighted by Gasteiger charge is -2.14. The van der Waals surface area contributed by atoms with Crippen molar-refractivity contribution in [2.45, 2.75) is 39.9 Å². The van der Waals surface area contributed by atoms with Crippen LogP contribution in [0, 0.1) is 0 Å². The van der Waals surface area contributed by atoms with E-state index in [1.54, 1.807) is 12.1 Å². The molecule has 20 heavy (non-hydrogen) atoms. The molecule has 0 bridgehead atoms. The topological polar surface area (TPSA) is 85.9 Å². The van der Waals surface area contributed by atoms with Gasteiger partial charge in [0.2, 0.25) is 0 Å². The first-order valence-corrected chi connectivity index (χ1v) is 6.43. The molecule has 0 saturated carbocycles. The first-order valence-electron chi connectivity index (χ1n) is 6.43. The number of nitrogens with zero attached hydrogens (tertiary/aromatic N) is 1. The molecule has 0 aromatic heterocycles. The number of hydrogen-bond acceptors (Lipinski definition) is 4. The van der Waals surface area contributed by atoms with Crippen LogP contribution >= 0.6 is 0 Å². The standard InChI is InChI=1S/C14H21N3O3/c1-9(2)19-12-5-11(8-16-17-14(15)18)6-13(7-12)20-10(3)4/h5-10H,1-4H3,(H3,15,17,18). The van der Waals surface area contributed by atoms with Crippen LogP contribution in [0.2, 0.25) is 0 Å². The maximum atomic E-state index is 10.6. The molecule has 0 atom stereocenters. The molecule has 0 fully saturated rings. The highest BCUT2D eigenvalue weighted by Crippen LogP contribution is 2.24. The van der Waals surface area contributed by atoms with Crippen molar-refractivity contribution in [3.05, 3.63) is 23.8 Å². The van der Waals surface area contributed by atoms with Crippen LogP contribution in [0.4, 0.5) is 4.79 Å². The predicted molar refractivity (Wildman–Crippen MR) is 78.3 cm³/mol. The van der Waals surface area contributed by atoms with Crippen LogP contribution in [0.15, 0.2) is 23.3 Å². The Bertz CT molecular complexity index is 456. The van der Waals surface area contributed by atoms with Crippen LogP contribution in [0.1, 0.15) is 33.3 Å². The molecule has 6 heteroatoms. The van der Waals surface area contributed by atoms with Gasteiger partial charge in [-0.2, -0.15) is 5.10 Å². The third kappa shape index (κ3) is 6.08. The van der Waals surface area contributed by atoms with Crippen molar-refractivity contribution in [1.82, 2.24) is 5.43 Å². The molecule has 3 N–H and O–H groups in total. The normalized spacial score (nSPS) is 11.1. The molecule has 0 aliphatic carbocycles. The second kappa shape index (κ2) is 7.37. The van der Waals surface area contributed by atoms with E-state index in [0.29, 0.717) is 11.5 Å². The van der Waals surface area contributed by atoms with Crippen molar-refractivity contribution in [3.8, 4) is 11.5 Å². The second-order valence-corrected chi connectivity index (χ2v) is 4.81. The number of rotatable bonds is 6. The molecule has 110 valence electrons. The monoisotopic (exact) mass is 279 g/mol. The van der Waals surface area contributed by atoms with E-state index in [1.165, 1.54) is 6.21 Å². The molecule has 1 aromatic carbocycles. The third-order valence-corrected chi connectivity index (χ3v) is 2.03. The van der Waals surface area contributed by atoms with Gasteiger partial charge in [0.15, 0.2) is 0 Å². The minimum Gasteiger partial charge on any atom is -0.491 e. The number of benzene rings is 1. The van der Waals surface area contributed by atoms with Gasteiger partial charge in [-0.1, -0.05) is 0 Å². The highest BCUT2D eigenvalue weighted by atomic mass is 16.5. The van der Waals surface area contributed by atoms with E-state index in [9.17, 15) is 4.79 Å². The Morgan fingerprint density at radius 2 is 1.65 bits per heavy atom. The van der Waals surface area contributed by atoms with E-state index in [1.807, 2.05) is 33.8 Å². The Labute approximate surface area is 118 Å². The van der Waals surface area contributed by atoms with Crippen molar-refractivity contribution < 1.29 is 14.3 Å². The summed E-state index contributed by atoms with van der Waals surface area (Å²) < 4.78 is 11.3. The molecule has 0 radical (unpaired) electrons. The summed E-state index contributed by atoms with van der Waals surface area (Å²) in [4.78, 5) is 10.6. The number of ether oxygens (including phenoxy) is 2. The molecular formula is C14H21N3O3. The molecule has 0 aliphatic rings. The molecule has 0 saturated heterocycles. The lowest BCUT2D eigenvalue weighted by molar-refractivity contribution is 0.229. The largest absolute Gasteiger partial charge is 0.491 e. The van der Waals surface area contributed by atoms with Crippen LogP contribution in [-0.2, 0) is 0 Å². The molecular weight excluding hydrogens is 258 g/mol. The third-order valence-electron chi connectivity index (χ3n) is 2.03. The van der Waals surface area contributed by atoms with Gasteiger partial charge in [0, 0.05) is 11.6 Å². The predicted octanol–water partition coefficient (Wildman–Crippen LogP) is 2.26. The summed E-state index contributed by atoms with van der Waals surface area (Å²) in [7, 11) is 0. The van der Waals surface area contributed by atoms with E-state index in [0.717, 1.165) is 5.56 Å². The zero-order valence-electron chi connectivity index (χ0n) is 12.2. The van der Waals surface area contributed by atoms with Crippen molar-refractivity contribution in [2.75, 3.05) is 0 Å². The maximum Gasteiger partial charge on any atom is 0.332 e. The number of hydrazone groups is 1. The Balaban J connectivity index is 2.96. The molecule has 0 spiro atoms. The Hall–Kier alpha value is -2.24. The van der Waals surface area contributed by atoms with E-state index in [4.69, 9.17) is 15.2 Å². The van der Waals surface area contributed by atoms with E-state index < -0.39 is 6.03 Å². The van der Waals surface area contributed by atoms with Gasteiger partial charge in [-0.15, -0.1) is 0 Å². The van der Waals surface area contributed by atoms with Gasteiger partial charge in [-0.3, -0.25) is 0 Å². The molecule has 1 rings (SSSR count). The number of nitrogens with one attached hydrogen (secondary N) is 1. The Morgan fingerprint density at radius 3 is 2.05 bits per heavy atom. The van der Waals surface area contributed by atoms with Crippen molar-refractivity contribution in [1.29, 1.82) is 0 Å². The van der Waals surface area contributed by atoms with Crippen LogP contribution < -0.4 is 20.6 Å². The SMILES string of the molecule is CC(C)Oc1cc(C=NNC(N)=O)cc(OC(C)C)c1. The van der Waals surface area contributed by atoms with Crippen LogP contribution in [-0.4, -0.2) is 24.5 Å². The van der Waals surface area contributed by atoms with Crippen LogP contribution in [0.3, 0.4) is 0 Å². The second-order valence-electron chi connectivity index (χ2n) is 4.81. The van der Waals surface area contributed by atoms with E-state index >= 15 is 0 Å². The van der Waals surface area contributed by atoms with Crippen molar-refractivity contribution in [3.63, 3.8) is 0 Å². The summed E-state index contributed by atoms with van der Waals surface area (Å²) >= 11 is 0. The van der Waals surface area contributed by atoms with E-state index in [-0.39, 0.29) is 12.2 Å². The number of hydrogen-bond donors (Lipinski definition) is 2. The minimum atomic E-state index is -0.713. The number of nitrogens with two attached hydrogens (primary N) is 1. The molecule has 2 amide bonds. The molecule has 0 unspecified atom stereocenters. The van der Waals surface area contributed by atoms with Gasteiger partial charge in [-0.05, 0) is 39.8 Å². The quantitative estimate of drug-likeness (QED) is 0.618. The van der Waals surface area contributed by atoms with Gasteiger partial charge in [0.25, 0.3) is 0 Å². The van der Waals surface area contributed by atoms with Gasteiger partial charge < -0.3 is 15.2 Å². The molecule has 6 nitrogen and oxygen atoms in total. The number of amides is 2. The zero-order chi connectivity index (χ0) is 15.1. The number of urea groups is 1.